The van der Waals surface area contributed by atoms with Crippen molar-refractivity contribution in [2.75, 3.05) is 26.2 Å². The summed E-state index contributed by atoms with van der Waals surface area (Å²) in [6.45, 7) is 6.21. The van der Waals surface area contributed by atoms with Crippen LogP contribution in [0.1, 0.15) is 27.2 Å². The third-order valence-electron chi connectivity index (χ3n) is 4.55. The lowest BCUT2D eigenvalue weighted by atomic mass is 10.1. The second-order valence-corrected chi connectivity index (χ2v) is 6.52. The van der Waals surface area contributed by atoms with Gasteiger partial charge in [-0.05, 0) is 31.5 Å². The predicted octanol–water partition coefficient (Wildman–Crippen LogP) is 2.23. The third-order valence-corrected chi connectivity index (χ3v) is 4.55. The predicted molar refractivity (Wildman–Crippen MR) is 96.3 cm³/mol. The van der Waals surface area contributed by atoms with Crippen LogP contribution in [0.2, 0.25) is 0 Å². The zero-order valence-corrected chi connectivity index (χ0v) is 14.7. The third kappa shape index (κ3) is 4.24. The molecule has 0 N–H and O–H groups in total. The van der Waals surface area contributed by atoms with Crippen molar-refractivity contribution in [2.45, 2.75) is 20.3 Å². The first-order valence-corrected chi connectivity index (χ1v) is 8.58. The van der Waals surface area contributed by atoms with Gasteiger partial charge in [0.25, 0.3) is 5.91 Å². The van der Waals surface area contributed by atoms with Gasteiger partial charge in [-0.15, -0.1) is 0 Å². The molecule has 0 unspecified atom stereocenters. The van der Waals surface area contributed by atoms with Crippen LogP contribution in [0.4, 0.5) is 0 Å². The average Bonchev–Trinajstić information content (AvgIpc) is 2.64. The molecule has 130 valence electrons. The van der Waals surface area contributed by atoms with E-state index in [2.05, 4.69) is 4.98 Å². The summed E-state index contributed by atoms with van der Waals surface area (Å²) in [6.07, 6.45) is 2.03. The van der Waals surface area contributed by atoms with Crippen LogP contribution in [0.5, 0.6) is 0 Å². The van der Waals surface area contributed by atoms with E-state index < -0.39 is 0 Å². The minimum Gasteiger partial charge on any atom is -0.339 e. The number of hydrogen-bond acceptors (Lipinski definition) is 3. The lowest BCUT2D eigenvalue weighted by Crippen LogP contribution is -2.51. The minimum absolute atomic E-state index is 0.0156. The number of rotatable bonds is 3. The second-order valence-electron chi connectivity index (χ2n) is 6.52. The van der Waals surface area contributed by atoms with Gasteiger partial charge in [0.1, 0.15) is 0 Å². The van der Waals surface area contributed by atoms with Crippen molar-refractivity contribution in [3.05, 3.63) is 65.0 Å². The van der Waals surface area contributed by atoms with Crippen LogP contribution in [0.3, 0.4) is 0 Å². The molecule has 1 aliphatic heterocycles. The molecule has 1 fully saturated rings. The Labute approximate surface area is 148 Å². The lowest BCUT2D eigenvalue weighted by molar-refractivity contribution is -0.131. The standard InChI is InChI=1S/C20H23N3O2/c1-15-3-6-17(7-4-15)13-19(24)22-9-11-23(12-10-22)20(25)18-8-5-16(2)21-14-18/h3-8,14H,9-13H2,1-2H3. The monoisotopic (exact) mass is 337 g/mol. The number of piperazine rings is 1. The Morgan fingerprint density at radius 1 is 0.920 bits per heavy atom. The van der Waals surface area contributed by atoms with Crippen LogP contribution in [0, 0.1) is 13.8 Å². The van der Waals surface area contributed by atoms with E-state index in [0.29, 0.717) is 38.2 Å². The Balaban J connectivity index is 1.54. The van der Waals surface area contributed by atoms with Crippen molar-refractivity contribution >= 4 is 11.8 Å². The largest absolute Gasteiger partial charge is 0.339 e. The van der Waals surface area contributed by atoms with Crippen LogP contribution in [0.25, 0.3) is 0 Å². The number of amides is 2. The Kier molecular flexibility index (Phi) is 5.12. The fourth-order valence-electron chi connectivity index (χ4n) is 2.93. The Hall–Kier alpha value is -2.69. The molecule has 1 aromatic carbocycles. The molecule has 5 nitrogen and oxygen atoms in total. The average molecular weight is 337 g/mol. The number of pyridine rings is 1. The fraction of sp³-hybridized carbons (Fsp3) is 0.350. The molecule has 0 radical (unpaired) electrons. The zero-order chi connectivity index (χ0) is 17.8. The fourth-order valence-corrected chi connectivity index (χ4v) is 2.93. The van der Waals surface area contributed by atoms with Crippen LogP contribution >= 0.6 is 0 Å². The molecule has 0 aliphatic carbocycles. The quantitative estimate of drug-likeness (QED) is 0.863. The molecule has 0 saturated carbocycles. The number of benzene rings is 1. The van der Waals surface area contributed by atoms with Gasteiger partial charge in [-0.1, -0.05) is 29.8 Å². The molecule has 0 spiro atoms. The molecular formula is C20H23N3O2. The van der Waals surface area contributed by atoms with Crippen LogP contribution in [0.15, 0.2) is 42.6 Å². The van der Waals surface area contributed by atoms with Gasteiger partial charge in [-0.2, -0.15) is 0 Å². The van der Waals surface area contributed by atoms with E-state index >= 15 is 0 Å². The molecule has 5 heteroatoms. The highest BCUT2D eigenvalue weighted by molar-refractivity contribution is 5.94. The summed E-state index contributed by atoms with van der Waals surface area (Å²) in [4.78, 5) is 32.8. The first kappa shape index (κ1) is 17.1. The van der Waals surface area contributed by atoms with Gasteiger partial charge in [0.15, 0.2) is 0 Å². The van der Waals surface area contributed by atoms with Gasteiger partial charge in [0.2, 0.25) is 5.91 Å². The van der Waals surface area contributed by atoms with Crippen molar-refractivity contribution in [3.63, 3.8) is 0 Å². The zero-order valence-electron chi connectivity index (χ0n) is 14.7. The van der Waals surface area contributed by atoms with Crippen molar-refractivity contribution in [3.8, 4) is 0 Å². The van der Waals surface area contributed by atoms with E-state index in [1.165, 1.54) is 5.56 Å². The molecular weight excluding hydrogens is 314 g/mol. The van der Waals surface area contributed by atoms with E-state index in [-0.39, 0.29) is 11.8 Å². The minimum atomic E-state index is -0.0156. The van der Waals surface area contributed by atoms with E-state index in [0.717, 1.165) is 11.3 Å². The van der Waals surface area contributed by atoms with E-state index in [1.54, 1.807) is 17.2 Å². The Bertz CT molecular complexity index is 746. The molecule has 2 heterocycles. The molecule has 2 amide bonds. The maximum Gasteiger partial charge on any atom is 0.255 e. The van der Waals surface area contributed by atoms with Gasteiger partial charge in [0.05, 0.1) is 12.0 Å². The van der Waals surface area contributed by atoms with E-state index in [9.17, 15) is 9.59 Å². The summed E-state index contributed by atoms with van der Waals surface area (Å²) in [5, 5.41) is 0. The normalized spacial score (nSPS) is 14.5. The highest BCUT2D eigenvalue weighted by Gasteiger charge is 2.24. The first-order chi connectivity index (χ1) is 12.0. The number of aryl methyl sites for hydroxylation is 2. The summed E-state index contributed by atoms with van der Waals surface area (Å²) < 4.78 is 0. The molecule has 3 rings (SSSR count). The number of nitrogens with zero attached hydrogens (tertiary/aromatic N) is 3. The maximum absolute atomic E-state index is 12.5. The van der Waals surface area contributed by atoms with Gasteiger partial charge in [-0.3, -0.25) is 14.6 Å². The summed E-state index contributed by atoms with van der Waals surface area (Å²) in [5.41, 5.74) is 3.71. The number of hydrogen-bond donors (Lipinski definition) is 0. The highest BCUT2D eigenvalue weighted by Crippen LogP contribution is 2.11. The molecule has 25 heavy (non-hydrogen) atoms. The summed E-state index contributed by atoms with van der Waals surface area (Å²) in [7, 11) is 0. The van der Waals surface area contributed by atoms with Crippen LogP contribution in [-0.2, 0) is 11.2 Å². The first-order valence-electron chi connectivity index (χ1n) is 8.58. The van der Waals surface area contributed by atoms with Crippen molar-refractivity contribution in [1.29, 1.82) is 0 Å². The molecule has 1 saturated heterocycles. The highest BCUT2D eigenvalue weighted by atomic mass is 16.2. The summed E-state index contributed by atoms with van der Waals surface area (Å²) in [5.74, 6) is 0.103. The molecule has 2 aromatic rings. The maximum atomic E-state index is 12.5. The Morgan fingerprint density at radius 3 is 2.16 bits per heavy atom. The molecule has 0 atom stereocenters. The summed E-state index contributed by atoms with van der Waals surface area (Å²) >= 11 is 0. The number of carbonyl (C=O) groups is 2. The Morgan fingerprint density at radius 2 is 1.56 bits per heavy atom. The van der Waals surface area contributed by atoms with Gasteiger partial charge in [-0.25, -0.2) is 0 Å². The number of aromatic nitrogens is 1. The summed E-state index contributed by atoms with van der Waals surface area (Å²) in [6, 6.07) is 11.7. The van der Waals surface area contributed by atoms with Crippen molar-refractivity contribution in [1.82, 2.24) is 14.8 Å². The van der Waals surface area contributed by atoms with E-state index in [1.807, 2.05) is 49.1 Å². The van der Waals surface area contributed by atoms with Crippen molar-refractivity contribution in [2.24, 2.45) is 0 Å². The number of carbonyl (C=O) groups excluding carboxylic acids is 2. The van der Waals surface area contributed by atoms with Crippen molar-refractivity contribution < 1.29 is 9.59 Å². The smallest absolute Gasteiger partial charge is 0.255 e. The van der Waals surface area contributed by atoms with E-state index in [4.69, 9.17) is 0 Å². The lowest BCUT2D eigenvalue weighted by Gasteiger charge is -2.34. The van der Waals surface area contributed by atoms with Crippen LogP contribution < -0.4 is 0 Å². The van der Waals surface area contributed by atoms with Gasteiger partial charge in [0, 0.05) is 38.1 Å². The topological polar surface area (TPSA) is 53.5 Å². The van der Waals surface area contributed by atoms with Gasteiger partial charge < -0.3 is 9.80 Å². The SMILES string of the molecule is Cc1ccc(CC(=O)N2CCN(C(=O)c3ccc(C)nc3)CC2)cc1. The molecule has 1 aliphatic rings. The van der Waals surface area contributed by atoms with Gasteiger partial charge >= 0.3 is 0 Å². The van der Waals surface area contributed by atoms with Crippen LogP contribution in [-0.4, -0.2) is 52.8 Å². The molecule has 0 bridgehead atoms. The molecule has 1 aromatic heterocycles. The second kappa shape index (κ2) is 7.47.